The van der Waals surface area contributed by atoms with Crippen molar-refractivity contribution in [2.75, 3.05) is 6.73 Å². The molecule has 150 valence electrons. The van der Waals surface area contributed by atoms with Gasteiger partial charge in [-0.25, -0.2) is 4.39 Å². The number of hydrogen-bond donors (Lipinski definition) is 0. The van der Waals surface area contributed by atoms with Crippen molar-refractivity contribution in [3.05, 3.63) is 94.3 Å². The van der Waals surface area contributed by atoms with Gasteiger partial charge in [-0.1, -0.05) is 18.2 Å². The molecule has 0 bridgehead atoms. The second-order valence-corrected chi connectivity index (χ2v) is 7.46. The van der Waals surface area contributed by atoms with Crippen molar-refractivity contribution in [2.24, 2.45) is 0 Å². The normalized spacial score (nSPS) is 16.7. The molecule has 3 heterocycles. The van der Waals surface area contributed by atoms with Crippen LogP contribution in [0.4, 0.5) is 4.39 Å². The minimum Gasteiger partial charge on any atom is -0.478 e. The van der Waals surface area contributed by atoms with Gasteiger partial charge in [0.05, 0.1) is 16.8 Å². The number of hydrogen-bond acceptors (Lipinski definition) is 5. The van der Waals surface area contributed by atoms with Crippen LogP contribution in [-0.4, -0.2) is 22.4 Å². The Morgan fingerprint density at radius 2 is 2.03 bits per heavy atom. The number of pyridine rings is 1. The number of ether oxygens (including phenoxy) is 2. The van der Waals surface area contributed by atoms with Gasteiger partial charge in [-0.05, 0) is 48.4 Å². The first kappa shape index (κ1) is 18.5. The molecule has 30 heavy (non-hydrogen) atoms. The van der Waals surface area contributed by atoms with E-state index in [0.717, 1.165) is 22.4 Å². The summed E-state index contributed by atoms with van der Waals surface area (Å²) in [6.45, 7) is 3.47. The van der Waals surface area contributed by atoms with E-state index in [2.05, 4.69) is 9.88 Å². The van der Waals surface area contributed by atoms with Gasteiger partial charge in [-0.3, -0.25) is 14.7 Å². The Morgan fingerprint density at radius 3 is 2.80 bits per heavy atom. The number of aromatic nitrogens is 1. The second-order valence-electron chi connectivity index (χ2n) is 7.46. The van der Waals surface area contributed by atoms with Crippen molar-refractivity contribution in [3.8, 4) is 11.5 Å². The van der Waals surface area contributed by atoms with Gasteiger partial charge in [0.15, 0.2) is 5.76 Å². The number of aryl methyl sites for hydroxylation is 1. The van der Waals surface area contributed by atoms with Gasteiger partial charge < -0.3 is 9.47 Å². The lowest BCUT2D eigenvalue weighted by molar-refractivity contribution is 0.0872. The predicted octanol–water partition coefficient (Wildman–Crippen LogP) is 4.50. The number of Topliss-reactive ketones (excluding diaryl/α,β-unsaturated/α-hetero) is 1. The molecule has 0 saturated carbocycles. The van der Waals surface area contributed by atoms with Gasteiger partial charge in [-0.15, -0.1) is 0 Å². The molecular weight excluding hydrogens is 383 g/mol. The van der Waals surface area contributed by atoms with E-state index in [1.165, 1.54) is 12.1 Å². The number of carbonyl (C=O) groups is 1. The first-order valence-corrected chi connectivity index (χ1v) is 9.70. The highest BCUT2D eigenvalue weighted by atomic mass is 19.1. The topological polar surface area (TPSA) is 51.7 Å². The van der Waals surface area contributed by atoms with Crippen molar-refractivity contribution >= 4 is 11.9 Å². The van der Waals surface area contributed by atoms with Gasteiger partial charge in [0.25, 0.3) is 0 Å². The monoisotopic (exact) mass is 402 g/mol. The van der Waals surface area contributed by atoms with Crippen LogP contribution >= 0.6 is 0 Å². The largest absolute Gasteiger partial charge is 0.478 e. The molecular formula is C24H19FN2O3. The van der Waals surface area contributed by atoms with Gasteiger partial charge >= 0.3 is 0 Å². The second kappa shape index (κ2) is 7.39. The highest BCUT2D eigenvalue weighted by molar-refractivity contribution is 6.15. The smallest absolute Gasteiger partial charge is 0.232 e. The van der Waals surface area contributed by atoms with E-state index in [-0.39, 0.29) is 17.4 Å². The Bertz CT molecular complexity index is 1160. The molecule has 6 heteroatoms. The van der Waals surface area contributed by atoms with E-state index in [4.69, 9.17) is 9.47 Å². The summed E-state index contributed by atoms with van der Waals surface area (Å²) < 4.78 is 25.2. The third kappa shape index (κ3) is 3.35. The number of carbonyl (C=O) groups excluding carboxylic acids is 1. The minimum absolute atomic E-state index is 0.147. The summed E-state index contributed by atoms with van der Waals surface area (Å²) in [4.78, 5) is 19.3. The van der Waals surface area contributed by atoms with Crippen molar-refractivity contribution in [1.29, 1.82) is 0 Å². The SMILES string of the molecule is Cc1cc2c(c3c1C(=O)/C(=C/c1ccccn1)O3)CN(Cc1ccc(F)cc1)CO2. The lowest BCUT2D eigenvalue weighted by Gasteiger charge is -2.30. The number of fused-ring (bicyclic) bond motifs is 3. The van der Waals surface area contributed by atoms with Crippen LogP contribution in [0.3, 0.4) is 0 Å². The van der Waals surface area contributed by atoms with Crippen molar-refractivity contribution in [3.63, 3.8) is 0 Å². The summed E-state index contributed by atoms with van der Waals surface area (Å²) in [5.41, 5.74) is 3.89. The Hall–Kier alpha value is -3.51. The first-order chi connectivity index (χ1) is 14.6. The third-order valence-electron chi connectivity index (χ3n) is 5.27. The standard InChI is InChI=1S/C24H19FN2O3/c1-15-10-20-19(13-27(14-29-20)12-16-5-7-17(25)8-6-16)24-22(15)23(28)21(30-24)11-18-4-2-3-9-26-18/h2-11H,12-14H2,1H3/b21-11-. The van der Waals surface area contributed by atoms with E-state index < -0.39 is 0 Å². The maximum absolute atomic E-state index is 13.2. The van der Waals surface area contributed by atoms with Crippen LogP contribution in [-0.2, 0) is 13.1 Å². The number of allylic oxidation sites excluding steroid dienone is 1. The zero-order valence-corrected chi connectivity index (χ0v) is 16.4. The van der Waals surface area contributed by atoms with E-state index in [9.17, 15) is 9.18 Å². The zero-order valence-electron chi connectivity index (χ0n) is 16.4. The lowest BCUT2D eigenvalue weighted by Crippen LogP contribution is -2.31. The molecule has 5 rings (SSSR count). The quantitative estimate of drug-likeness (QED) is 0.604. The number of halogens is 1. The summed E-state index contributed by atoms with van der Waals surface area (Å²) in [6, 6.07) is 13.8. The molecule has 0 aliphatic carbocycles. The molecule has 1 aromatic heterocycles. The average molecular weight is 402 g/mol. The van der Waals surface area contributed by atoms with Crippen molar-refractivity contribution < 1.29 is 18.7 Å². The van der Waals surface area contributed by atoms with E-state index in [1.54, 1.807) is 24.4 Å². The molecule has 2 aliphatic heterocycles. The van der Waals surface area contributed by atoms with Crippen LogP contribution in [0.1, 0.15) is 32.7 Å². The minimum atomic E-state index is -0.258. The molecule has 3 aromatic rings. The van der Waals surface area contributed by atoms with E-state index in [0.29, 0.717) is 36.8 Å². The Labute approximate surface area is 173 Å². The van der Waals surface area contributed by atoms with Gasteiger partial charge in [0.1, 0.15) is 24.0 Å². The van der Waals surface area contributed by atoms with Crippen LogP contribution in [0.5, 0.6) is 11.5 Å². The summed E-state index contributed by atoms with van der Waals surface area (Å²) >= 11 is 0. The van der Waals surface area contributed by atoms with Crippen LogP contribution in [0.15, 0.2) is 60.5 Å². The van der Waals surface area contributed by atoms with Crippen LogP contribution in [0.25, 0.3) is 6.08 Å². The number of nitrogens with zero attached hydrogens (tertiary/aromatic N) is 2. The predicted molar refractivity (Wildman–Crippen MR) is 109 cm³/mol. The van der Waals surface area contributed by atoms with Gasteiger partial charge in [0, 0.05) is 25.4 Å². The summed E-state index contributed by atoms with van der Waals surface area (Å²) in [6.07, 6.45) is 3.33. The molecule has 0 unspecified atom stereocenters. The lowest BCUT2D eigenvalue weighted by atomic mass is 9.98. The highest BCUT2D eigenvalue weighted by Gasteiger charge is 2.35. The molecule has 0 fully saturated rings. The molecule has 0 spiro atoms. The molecule has 0 radical (unpaired) electrons. The Kier molecular flexibility index (Phi) is 4.56. The molecule has 0 N–H and O–H groups in total. The zero-order chi connectivity index (χ0) is 20.7. The summed E-state index contributed by atoms with van der Waals surface area (Å²) in [7, 11) is 0. The summed E-state index contributed by atoms with van der Waals surface area (Å²) in [5, 5.41) is 0. The van der Waals surface area contributed by atoms with Crippen LogP contribution in [0.2, 0.25) is 0 Å². The maximum atomic E-state index is 13.2. The van der Waals surface area contributed by atoms with Crippen LogP contribution in [0, 0.1) is 12.7 Å². The van der Waals surface area contributed by atoms with Gasteiger partial charge in [0.2, 0.25) is 5.78 Å². The molecule has 0 atom stereocenters. The highest BCUT2D eigenvalue weighted by Crippen LogP contribution is 2.44. The van der Waals surface area contributed by atoms with Crippen molar-refractivity contribution in [2.45, 2.75) is 20.0 Å². The fraction of sp³-hybridized carbons (Fsp3) is 0.167. The fourth-order valence-corrected chi connectivity index (χ4v) is 3.82. The first-order valence-electron chi connectivity index (χ1n) is 9.70. The molecule has 5 nitrogen and oxygen atoms in total. The summed E-state index contributed by atoms with van der Waals surface area (Å²) in [5.74, 6) is 1.14. The fourth-order valence-electron chi connectivity index (χ4n) is 3.82. The molecule has 0 saturated heterocycles. The van der Waals surface area contributed by atoms with E-state index in [1.807, 2.05) is 31.2 Å². The van der Waals surface area contributed by atoms with Crippen LogP contribution < -0.4 is 9.47 Å². The van der Waals surface area contributed by atoms with Gasteiger partial charge in [-0.2, -0.15) is 0 Å². The van der Waals surface area contributed by atoms with E-state index >= 15 is 0 Å². The molecule has 0 amide bonds. The average Bonchev–Trinajstić information content (AvgIpc) is 3.08. The number of ketones is 1. The molecule has 2 aliphatic rings. The number of benzene rings is 2. The number of rotatable bonds is 3. The Morgan fingerprint density at radius 1 is 1.20 bits per heavy atom. The maximum Gasteiger partial charge on any atom is 0.232 e. The molecule has 2 aromatic carbocycles. The third-order valence-corrected chi connectivity index (χ3v) is 5.27. The van der Waals surface area contributed by atoms with Crippen molar-refractivity contribution in [1.82, 2.24) is 9.88 Å². The Balaban J connectivity index is 1.46.